The minimum Gasteiger partial charge on any atom is -0.426 e. The molecule has 1 aliphatic carbocycles. The number of carbonyl (C=O) groups is 2. The Labute approximate surface area is 94.7 Å². The topological polar surface area (TPSA) is 55.4 Å². The molecule has 4 heteroatoms. The summed E-state index contributed by atoms with van der Waals surface area (Å²) in [5.41, 5.74) is 0.947. The SMILES string of the molecule is C=C(C)NC(=O)C1=CCCC=C1OC(C)=O. The zero-order valence-corrected chi connectivity index (χ0v) is 9.50. The summed E-state index contributed by atoms with van der Waals surface area (Å²) in [5, 5.41) is 2.58. The molecule has 0 heterocycles. The quantitative estimate of drug-likeness (QED) is 0.739. The lowest BCUT2D eigenvalue weighted by Crippen LogP contribution is -2.25. The first-order valence-corrected chi connectivity index (χ1v) is 5.06. The van der Waals surface area contributed by atoms with Gasteiger partial charge >= 0.3 is 5.97 Å². The van der Waals surface area contributed by atoms with Crippen LogP contribution in [0.25, 0.3) is 0 Å². The molecule has 86 valence electrons. The van der Waals surface area contributed by atoms with Gasteiger partial charge in [-0.25, -0.2) is 0 Å². The Morgan fingerprint density at radius 2 is 1.94 bits per heavy atom. The lowest BCUT2D eigenvalue weighted by molar-refractivity contribution is -0.136. The number of nitrogens with one attached hydrogen (secondary N) is 1. The van der Waals surface area contributed by atoms with Crippen LogP contribution in [0.1, 0.15) is 26.7 Å². The first-order chi connectivity index (χ1) is 7.50. The van der Waals surface area contributed by atoms with E-state index >= 15 is 0 Å². The minimum atomic E-state index is -0.429. The van der Waals surface area contributed by atoms with Crippen molar-refractivity contribution in [3.63, 3.8) is 0 Å². The molecule has 0 bridgehead atoms. The molecular formula is C12H15NO3. The molecule has 1 amide bonds. The van der Waals surface area contributed by atoms with Crippen LogP contribution in [0, 0.1) is 0 Å². The second-order valence-electron chi connectivity index (χ2n) is 3.59. The monoisotopic (exact) mass is 221 g/mol. The number of allylic oxidation sites excluding steroid dienone is 3. The maximum absolute atomic E-state index is 11.7. The number of hydrogen-bond acceptors (Lipinski definition) is 3. The maximum atomic E-state index is 11.7. The summed E-state index contributed by atoms with van der Waals surface area (Å²) in [4.78, 5) is 22.6. The van der Waals surface area contributed by atoms with Gasteiger partial charge < -0.3 is 10.1 Å². The van der Waals surface area contributed by atoms with Crippen molar-refractivity contribution >= 4 is 11.9 Å². The van der Waals surface area contributed by atoms with Gasteiger partial charge in [-0.05, 0) is 25.8 Å². The molecule has 1 rings (SSSR count). The van der Waals surface area contributed by atoms with E-state index < -0.39 is 5.97 Å². The van der Waals surface area contributed by atoms with E-state index in [0.717, 1.165) is 12.8 Å². The van der Waals surface area contributed by atoms with Crippen LogP contribution in [0.15, 0.2) is 35.8 Å². The average Bonchev–Trinajstić information content (AvgIpc) is 2.16. The highest BCUT2D eigenvalue weighted by atomic mass is 16.5. The van der Waals surface area contributed by atoms with Crippen molar-refractivity contribution < 1.29 is 14.3 Å². The molecule has 0 atom stereocenters. The Kier molecular flexibility index (Phi) is 4.05. The van der Waals surface area contributed by atoms with Crippen LogP contribution in [0.2, 0.25) is 0 Å². The van der Waals surface area contributed by atoms with Crippen LogP contribution in [0.3, 0.4) is 0 Å². The van der Waals surface area contributed by atoms with Crippen molar-refractivity contribution in [2.45, 2.75) is 26.7 Å². The van der Waals surface area contributed by atoms with Crippen molar-refractivity contribution in [1.29, 1.82) is 0 Å². The Hall–Kier alpha value is -1.84. The molecule has 0 radical (unpaired) electrons. The number of esters is 1. The summed E-state index contributed by atoms with van der Waals surface area (Å²) < 4.78 is 4.97. The normalized spacial score (nSPS) is 14.6. The molecule has 0 aromatic rings. The summed E-state index contributed by atoms with van der Waals surface area (Å²) in [7, 11) is 0. The van der Waals surface area contributed by atoms with Gasteiger partial charge in [0.2, 0.25) is 0 Å². The van der Waals surface area contributed by atoms with Crippen LogP contribution in [-0.4, -0.2) is 11.9 Å². The van der Waals surface area contributed by atoms with E-state index in [9.17, 15) is 9.59 Å². The van der Waals surface area contributed by atoms with Crippen molar-refractivity contribution in [2.24, 2.45) is 0 Å². The molecule has 1 aliphatic rings. The van der Waals surface area contributed by atoms with E-state index in [0.29, 0.717) is 17.0 Å². The molecule has 0 saturated carbocycles. The van der Waals surface area contributed by atoms with Gasteiger partial charge in [-0.15, -0.1) is 0 Å². The zero-order valence-electron chi connectivity index (χ0n) is 9.50. The molecule has 0 spiro atoms. The highest BCUT2D eigenvalue weighted by molar-refractivity contribution is 5.98. The van der Waals surface area contributed by atoms with Crippen LogP contribution in [0.4, 0.5) is 0 Å². The van der Waals surface area contributed by atoms with E-state index in [2.05, 4.69) is 11.9 Å². The Morgan fingerprint density at radius 1 is 1.31 bits per heavy atom. The Bertz CT molecular complexity index is 391. The van der Waals surface area contributed by atoms with E-state index in [1.165, 1.54) is 6.92 Å². The first-order valence-electron chi connectivity index (χ1n) is 5.06. The third-order valence-electron chi connectivity index (χ3n) is 1.94. The summed E-state index contributed by atoms with van der Waals surface area (Å²) in [5.74, 6) is -0.389. The van der Waals surface area contributed by atoms with Gasteiger partial charge in [0.25, 0.3) is 5.91 Å². The first kappa shape index (κ1) is 12.2. The summed E-state index contributed by atoms with van der Waals surface area (Å²) in [6, 6.07) is 0. The number of amides is 1. The van der Waals surface area contributed by atoms with Gasteiger partial charge in [-0.1, -0.05) is 12.7 Å². The van der Waals surface area contributed by atoms with Gasteiger partial charge in [0.15, 0.2) is 0 Å². The van der Waals surface area contributed by atoms with Gasteiger partial charge in [0, 0.05) is 12.6 Å². The fourth-order valence-corrected chi connectivity index (χ4v) is 1.37. The molecule has 0 fully saturated rings. The third-order valence-corrected chi connectivity index (χ3v) is 1.94. The van der Waals surface area contributed by atoms with Crippen molar-refractivity contribution in [3.8, 4) is 0 Å². The number of ether oxygens (including phenoxy) is 1. The summed E-state index contributed by atoms with van der Waals surface area (Å²) in [6.07, 6.45) is 5.04. The predicted octanol–water partition coefficient (Wildman–Crippen LogP) is 1.80. The fraction of sp³-hybridized carbons (Fsp3) is 0.333. The predicted molar refractivity (Wildman–Crippen MR) is 60.1 cm³/mol. The fourth-order valence-electron chi connectivity index (χ4n) is 1.37. The molecule has 4 nitrogen and oxygen atoms in total. The van der Waals surface area contributed by atoms with E-state index in [-0.39, 0.29) is 5.91 Å². The van der Waals surface area contributed by atoms with Crippen LogP contribution >= 0.6 is 0 Å². The smallest absolute Gasteiger partial charge is 0.308 e. The van der Waals surface area contributed by atoms with Crippen molar-refractivity contribution in [2.75, 3.05) is 0 Å². The molecule has 0 unspecified atom stereocenters. The Balaban J connectivity index is 2.80. The Morgan fingerprint density at radius 3 is 2.50 bits per heavy atom. The van der Waals surface area contributed by atoms with Gasteiger partial charge in [-0.2, -0.15) is 0 Å². The average molecular weight is 221 g/mol. The standard InChI is InChI=1S/C12H15NO3/c1-8(2)13-12(15)10-6-4-5-7-11(10)16-9(3)14/h6-7H,1,4-5H2,2-3H3,(H,13,15). The minimum absolute atomic E-state index is 0.292. The van der Waals surface area contributed by atoms with E-state index in [4.69, 9.17) is 4.74 Å². The highest BCUT2D eigenvalue weighted by Gasteiger charge is 2.19. The third kappa shape index (κ3) is 3.38. The highest BCUT2D eigenvalue weighted by Crippen LogP contribution is 2.20. The van der Waals surface area contributed by atoms with Crippen molar-refractivity contribution in [3.05, 3.63) is 35.8 Å². The molecular weight excluding hydrogens is 206 g/mol. The molecule has 0 aromatic carbocycles. The molecule has 1 N–H and O–H groups in total. The van der Waals surface area contributed by atoms with Crippen LogP contribution in [0.5, 0.6) is 0 Å². The molecule has 0 saturated heterocycles. The van der Waals surface area contributed by atoms with Gasteiger partial charge in [0.1, 0.15) is 5.76 Å². The van der Waals surface area contributed by atoms with Gasteiger partial charge in [-0.3, -0.25) is 9.59 Å². The largest absolute Gasteiger partial charge is 0.426 e. The molecule has 0 aromatic heterocycles. The van der Waals surface area contributed by atoms with Gasteiger partial charge in [0.05, 0.1) is 5.57 Å². The zero-order chi connectivity index (χ0) is 12.1. The summed E-state index contributed by atoms with van der Waals surface area (Å²) in [6.45, 7) is 6.59. The number of carbonyl (C=O) groups excluding carboxylic acids is 2. The number of hydrogen-bond donors (Lipinski definition) is 1. The molecule has 0 aliphatic heterocycles. The van der Waals surface area contributed by atoms with Crippen LogP contribution in [-0.2, 0) is 14.3 Å². The lowest BCUT2D eigenvalue weighted by atomic mass is 10.0. The van der Waals surface area contributed by atoms with E-state index in [1.54, 1.807) is 19.1 Å². The lowest BCUT2D eigenvalue weighted by Gasteiger charge is -2.15. The second-order valence-corrected chi connectivity index (χ2v) is 3.59. The van der Waals surface area contributed by atoms with Crippen molar-refractivity contribution in [1.82, 2.24) is 5.32 Å². The summed E-state index contributed by atoms with van der Waals surface area (Å²) >= 11 is 0. The van der Waals surface area contributed by atoms with Crippen LogP contribution < -0.4 is 5.32 Å². The molecule has 16 heavy (non-hydrogen) atoms. The number of rotatable bonds is 3. The van der Waals surface area contributed by atoms with E-state index in [1.807, 2.05) is 0 Å². The second kappa shape index (κ2) is 5.30. The maximum Gasteiger partial charge on any atom is 0.308 e.